The first-order valence-electron chi connectivity index (χ1n) is 10.5. The molecule has 1 saturated heterocycles. The predicted octanol–water partition coefficient (Wildman–Crippen LogP) is 2.33. The van der Waals surface area contributed by atoms with E-state index in [9.17, 15) is 14.4 Å². The lowest BCUT2D eigenvalue weighted by atomic mass is 9.70. The highest BCUT2D eigenvalue weighted by molar-refractivity contribution is 6.09. The van der Waals surface area contributed by atoms with E-state index >= 15 is 0 Å². The summed E-state index contributed by atoms with van der Waals surface area (Å²) in [5.41, 5.74) is 1.42. The van der Waals surface area contributed by atoms with Crippen LogP contribution in [0.3, 0.4) is 0 Å². The molecule has 2 fully saturated rings. The van der Waals surface area contributed by atoms with E-state index in [1.165, 1.54) is 4.57 Å². The van der Waals surface area contributed by atoms with Crippen LogP contribution in [0.15, 0.2) is 18.2 Å². The zero-order valence-corrected chi connectivity index (χ0v) is 17.0. The van der Waals surface area contributed by atoms with Crippen molar-refractivity contribution in [2.45, 2.75) is 37.5 Å². The normalized spacial score (nSPS) is 20.4. The lowest BCUT2D eigenvalue weighted by molar-refractivity contribution is -0.144. The molecule has 30 heavy (non-hydrogen) atoms. The second-order valence-corrected chi connectivity index (χ2v) is 8.47. The number of fused-ring (bicyclic) bond motifs is 4. The van der Waals surface area contributed by atoms with Gasteiger partial charge in [0.2, 0.25) is 0 Å². The monoisotopic (exact) mass is 411 g/mol. The number of hydrogen-bond donors (Lipinski definition) is 2. The lowest BCUT2D eigenvalue weighted by Crippen LogP contribution is -2.52. The van der Waals surface area contributed by atoms with Crippen LogP contribution in [0.5, 0.6) is 5.75 Å². The van der Waals surface area contributed by atoms with E-state index in [1.54, 1.807) is 13.2 Å². The summed E-state index contributed by atoms with van der Waals surface area (Å²) in [5, 5.41) is 7.17. The zero-order valence-electron chi connectivity index (χ0n) is 17.0. The maximum absolute atomic E-state index is 13.1. The third-order valence-corrected chi connectivity index (χ3v) is 6.88. The Morgan fingerprint density at radius 1 is 1.20 bits per heavy atom. The molecule has 2 aromatic rings. The van der Waals surface area contributed by atoms with Crippen LogP contribution < -0.4 is 15.4 Å². The van der Waals surface area contributed by atoms with Gasteiger partial charge in [0.05, 0.1) is 18.5 Å². The number of amides is 1. The lowest BCUT2D eigenvalue weighted by Gasteiger charge is -2.41. The summed E-state index contributed by atoms with van der Waals surface area (Å²) in [6.45, 7) is 2.20. The molecule has 0 unspecified atom stereocenters. The minimum Gasteiger partial charge on any atom is -0.497 e. The Hall–Kier alpha value is -2.87. The van der Waals surface area contributed by atoms with E-state index in [0.717, 1.165) is 56.1 Å². The van der Waals surface area contributed by atoms with Gasteiger partial charge < -0.3 is 20.1 Å². The molecule has 0 radical (unpaired) electrons. The van der Waals surface area contributed by atoms with Crippen LogP contribution in [0.25, 0.3) is 10.9 Å². The highest BCUT2D eigenvalue weighted by Gasteiger charge is 2.45. The fourth-order valence-electron chi connectivity index (χ4n) is 4.95. The molecule has 2 N–H and O–H groups in total. The smallest absolute Gasteiger partial charge is 0.426 e. The largest absolute Gasteiger partial charge is 0.497 e. The number of hydrogen-bond acceptors (Lipinski definition) is 6. The second kappa shape index (κ2) is 7.12. The standard InChI is InChI=1S/C22H25N3O5/c1-29-14-5-6-15-16(11-14)25(21(28)30-20(27)13-3-2-4-13)18-17(15)22(12-24-19(18)26)7-9-23-10-8-22/h5-6,11,13,23H,2-4,7-10,12H2,1H3,(H,24,26). The number of benzene rings is 1. The molecule has 8 heteroatoms. The summed E-state index contributed by atoms with van der Waals surface area (Å²) >= 11 is 0. The highest BCUT2D eigenvalue weighted by Crippen LogP contribution is 2.44. The Balaban J connectivity index is 1.69. The number of carbonyl (C=O) groups excluding carboxylic acids is 3. The molecule has 1 aromatic carbocycles. The van der Waals surface area contributed by atoms with Crippen molar-refractivity contribution in [2.75, 3.05) is 26.7 Å². The average molecular weight is 411 g/mol. The predicted molar refractivity (Wildman–Crippen MR) is 109 cm³/mol. The Morgan fingerprint density at radius 3 is 2.63 bits per heavy atom. The molecule has 0 bridgehead atoms. The quantitative estimate of drug-likeness (QED) is 0.581. The molecular weight excluding hydrogens is 386 g/mol. The van der Waals surface area contributed by atoms with Gasteiger partial charge in [0.1, 0.15) is 11.4 Å². The van der Waals surface area contributed by atoms with Gasteiger partial charge in [0.15, 0.2) is 0 Å². The molecule has 1 amide bonds. The fourth-order valence-corrected chi connectivity index (χ4v) is 4.95. The Morgan fingerprint density at radius 2 is 1.97 bits per heavy atom. The van der Waals surface area contributed by atoms with E-state index in [-0.39, 0.29) is 22.9 Å². The molecule has 2 aliphatic heterocycles. The number of piperidine rings is 1. The van der Waals surface area contributed by atoms with Gasteiger partial charge in [-0.05, 0) is 56.5 Å². The van der Waals surface area contributed by atoms with Gasteiger partial charge in [-0.2, -0.15) is 0 Å². The van der Waals surface area contributed by atoms with Crippen molar-refractivity contribution < 1.29 is 23.9 Å². The van der Waals surface area contributed by atoms with E-state index in [2.05, 4.69) is 10.6 Å². The van der Waals surface area contributed by atoms with Crippen molar-refractivity contribution in [3.05, 3.63) is 29.5 Å². The molecule has 8 nitrogen and oxygen atoms in total. The van der Waals surface area contributed by atoms with Crippen molar-refractivity contribution in [2.24, 2.45) is 5.92 Å². The second-order valence-electron chi connectivity index (χ2n) is 8.47. The molecule has 158 valence electrons. The summed E-state index contributed by atoms with van der Waals surface area (Å²) in [5.74, 6) is -0.503. The zero-order chi connectivity index (χ0) is 20.9. The Kier molecular flexibility index (Phi) is 4.54. The van der Waals surface area contributed by atoms with Gasteiger partial charge >= 0.3 is 12.1 Å². The number of rotatable bonds is 2. The molecule has 1 spiro atoms. The Labute approximate surface area is 173 Å². The van der Waals surface area contributed by atoms with Gasteiger partial charge in [-0.1, -0.05) is 6.42 Å². The van der Waals surface area contributed by atoms with E-state index in [1.807, 2.05) is 12.1 Å². The van der Waals surface area contributed by atoms with E-state index in [4.69, 9.17) is 9.47 Å². The third-order valence-electron chi connectivity index (χ3n) is 6.88. The van der Waals surface area contributed by atoms with Crippen molar-refractivity contribution >= 4 is 28.9 Å². The summed E-state index contributed by atoms with van der Waals surface area (Å²) in [7, 11) is 1.55. The first kappa shape index (κ1) is 19.1. The average Bonchev–Trinajstić information content (AvgIpc) is 3.06. The molecule has 0 atom stereocenters. The van der Waals surface area contributed by atoms with Crippen molar-refractivity contribution in [1.29, 1.82) is 0 Å². The SMILES string of the molecule is COc1ccc2c3c(n(C(=O)OC(=O)C4CCC4)c2c1)C(=O)NCC31CCNCC1. The Bertz CT molecular complexity index is 1050. The first-order valence-corrected chi connectivity index (χ1v) is 10.5. The van der Waals surface area contributed by atoms with E-state index in [0.29, 0.717) is 17.8 Å². The van der Waals surface area contributed by atoms with Crippen LogP contribution in [0.1, 0.15) is 48.2 Å². The number of nitrogens with zero attached hydrogens (tertiary/aromatic N) is 1. The molecule has 1 saturated carbocycles. The van der Waals surface area contributed by atoms with Crippen LogP contribution in [-0.2, 0) is 14.9 Å². The van der Waals surface area contributed by atoms with Crippen molar-refractivity contribution in [1.82, 2.24) is 15.2 Å². The summed E-state index contributed by atoms with van der Waals surface area (Å²) in [6.07, 6.45) is 3.31. The summed E-state index contributed by atoms with van der Waals surface area (Å²) in [4.78, 5) is 38.5. The van der Waals surface area contributed by atoms with Gasteiger partial charge in [-0.3, -0.25) is 9.59 Å². The number of nitrogens with one attached hydrogen (secondary N) is 2. The molecule has 1 aromatic heterocycles. The van der Waals surface area contributed by atoms with Gasteiger partial charge in [0.25, 0.3) is 5.91 Å². The fraction of sp³-hybridized carbons (Fsp3) is 0.500. The summed E-state index contributed by atoms with van der Waals surface area (Å²) in [6, 6.07) is 5.46. The van der Waals surface area contributed by atoms with Crippen LogP contribution in [0, 0.1) is 5.92 Å². The third kappa shape index (κ3) is 2.81. The number of aromatic nitrogens is 1. The minimum absolute atomic E-state index is 0.231. The first-order chi connectivity index (χ1) is 14.5. The summed E-state index contributed by atoms with van der Waals surface area (Å²) < 4.78 is 11.8. The highest BCUT2D eigenvalue weighted by atomic mass is 16.6. The molecule has 3 aliphatic rings. The maximum atomic E-state index is 13.1. The van der Waals surface area contributed by atoms with Crippen LogP contribution in [-0.4, -0.2) is 49.3 Å². The van der Waals surface area contributed by atoms with Crippen LogP contribution in [0.2, 0.25) is 0 Å². The minimum atomic E-state index is -0.826. The molecular formula is C22H25N3O5. The van der Waals surface area contributed by atoms with Crippen molar-refractivity contribution in [3.8, 4) is 5.75 Å². The molecule has 3 heterocycles. The number of methoxy groups -OCH3 is 1. The topological polar surface area (TPSA) is 98.7 Å². The number of ether oxygens (including phenoxy) is 2. The van der Waals surface area contributed by atoms with Crippen molar-refractivity contribution in [3.63, 3.8) is 0 Å². The van der Waals surface area contributed by atoms with Gasteiger partial charge in [0, 0.05) is 23.4 Å². The maximum Gasteiger partial charge on any atom is 0.426 e. The number of esters is 1. The van der Waals surface area contributed by atoms with Crippen LogP contribution >= 0.6 is 0 Å². The van der Waals surface area contributed by atoms with Gasteiger partial charge in [-0.15, -0.1) is 0 Å². The molecule has 1 aliphatic carbocycles. The van der Waals surface area contributed by atoms with Gasteiger partial charge in [-0.25, -0.2) is 9.36 Å². The number of carbonyl (C=O) groups is 3. The van der Waals surface area contributed by atoms with Crippen LogP contribution in [0.4, 0.5) is 4.79 Å². The molecule has 5 rings (SSSR count). The van der Waals surface area contributed by atoms with E-state index < -0.39 is 12.1 Å².